The number of fused-ring (bicyclic) bond motifs is 1. The lowest BCUT2D eigenvalue weighted by molar-refractivity contribution is 0.0528. The number of benzene rings is 2. The number of carbonyl (C=O) groups is 1. The van der Waals surface area contributed by atoms with Crippen LogP contribution < -0.4 is 0 Å². The monoisotopic (exact) mass is 311 g/mol. The highest BCUT2D eigenvalue weighted by Gasteiger charge is 2.19. The zero-order valence-corrected chi connectivity index (χ0v) is 13.2. The van der Waals surface area contributed by atoms with Gasteiger partial charge >= 0.3 is 5.97 Å². The lowest BCUT2D eigenvalue weighted by Gasteiger charge is -2.05. The summed E-state index contributed by atoms with van der Waals surface area (Å²) in [5, 5.41) is 0.921. The summed E-state index contributed by atoms with van der Waals surface area (Å²) >= 11 is 1.70. The van der Waals surface area contributed by atoms with E-state index in [0.29, 0.717) is 17.9 Å². The number of hydrogen-bond donors (Lipinski definition) is 1. The van der Waals surface area contributed by atoms with Gasteiger partial charge in [0.15, 0.2) is 0 Å². The van der Waals surface area contributed by atoms with Gasteiger partial charge in [0.05, 0.1) is 12.2 Å². The van der Waals surface area contributed by atoms with Crippen molar-refractivity contribution < 1.29 is 9.53 Å². The molecule has 0 aliphatic carbocycles. The van der Waals surface area contributed by atoms with Crippen LogP contribution in [-0.2, 0) is 10.5 Å². The molecule has 3 rings (SSSR count). The molecule has 0 aliphatic rings. The lowest BCUT2D eigenvalue weighted by atomic mass is 10.1. The molecule has 0 saturated carbocycles. The molecule has 0 unspecified atom stereocenters. The van der Waals surface area contributed by atoms with Gasteiger partial charge in [0.1, 0.15) is 0 Å². The zero-order chi connectivity index (χ0) is 15.4. The van der Waals surface area contributed by atoms with E-state index in [1.807, 2.05) is 49.4 Å². The molecule has 0 spiro atoms. The van der Waals surface area contributed by atoms with Crippen LogP contribution in [0.15, 0.2) is 59.5 Å². The van der Waals surface area contributed by atoms with Gasteiger partial charge in [0, 0.05) is 27.2 Å². The first kappa shape index (κ1) is 14.7. The molecule has 2 aromatic carbocycles. The molecule has 4 heteroatoms. The molecule has 1 N–H and O–H groups in total. The minimum absolute atomic E-state index is 0.261. The molecule has 0 radical (unpaired) electrons. The zero-order valence-electron chi connectivity index (χ0n) is 12.3. The summed E-state index contributed by atoms with van der Waals surface area (Å²) in [7, 11) is 0. The van der Waals surface area contributed by atoms with E-state index in [9.17, 15) is 4.79 Å². The third kappa shape index (κ3) is 3.02. The van der Waals surface area contributed by atoms with Crippen molar-refractivity contribution in [1.29, 1.82) is 0 Å². The predicted molar refractivity (Wildman–Crippen MR) is 90.3 cm³/mol. The Kier molecular flexibility index (Phi) is 4.49. The summed E-state index contributed by atoms with van der Waals surface area (Å²) in [6.07, 6.45) is 0. The van der Waals surface area contributed by atoms with Crippen molar-refractivity contribution in [2.75, 3.05) is 6.61 Å². The van der Waals surface area contributed by atoms with Gasteiger partial charge in [0.25, 0.3) is 0 Å². The van der Waals surface area contributed by atoms with E-state index >= 15 is 0 Å². The Morgan fingerprint density at radius 1 is 1.09 bits per heavy atom. The van der Waals surface area contributed by atoms with E-state index in [1.165, 1.54) is 4.90 Å². The van der Waals surface area contributed by atoms with Crippen LogP contribution >= 0.6 is 11.8 Å². The second kappa shape index (κ2) is 6.71. The first-order valence-electron chi connectivity index (χ1n) is 7.24. The van der Waals surface area contributed by atoms with Gasteiger partial charge in [-0.3, -0.25) is 0 Å². The summed E-state index contributed by atoms with van der Waals surface area (Å²) < 4.78 is 5.22. The third-order valence-corrected chi connectivity index (χ3v) is 4.43. The minimum atomic E-state index is -0.261. The van der Waals surface area contributed by atoms with Crippen molar-refractivity contribution in [1.82, 2.24) is 4.98 Å². The number of H-pyrrole nitrogens is 1. The van der Waals surface area contributed by atoms with Crippen LogP contribution in [0.4, 0.5) is 0 Å². The third-order valence-electron chi connectivity index (χ3n) is 3.39. The molecule has 0 atom stereocenters. The average Bonchev–Trinajstić information content (AvgIpc) is 2.92. The van der Waals surface area contributed by atoms with Crippen LogP contribution in [-0.4, -0.2) is 17.6 Å². The number of rotatable bonds is 5. The number of thioether (sulfide) groups is 1. The highest BCUT2D eigenvalue weighted by Crippen LogP contribution is 2.29. The quantitative estimate of drug-likeness (QED) is 0.551. The first-order valence-corrected chi connectivity index (χ1v) is 8.22. The summed E-state index contributed by atoms with van der Waals surface area (Å²) in [6.45, 7) is 2.20. The number of para-hydroxylation sites is 1. The highest BCUT2D eigenvalue weighted by atomic mass is 32.2. The molecule has 1 heterocycles. The maximum atomic E-state index is 12.3. The number of carbonyl (C=O) groups excluding carboxylic acids is 1. The number of hydrogen-bond acceptors (Lipinski definition) is 3. The van der Waals surface area contributed by atoms with Gasteiger partial charge in [-0.2, -0.15) is 0 Å². The fraction of sp³-hybridized carbons (Fsp3) is 0.167. The topological polar surface area (TPSA) is 42.1 Å². The second-order valence-electron chi connectivity index (χ2n) is 4.85. The van der Waals surface area contributed by atoms with Crippen LogP contribution in [0, 0.1) is 0 Å². The number of nitrogens with one attached hydrogen (secondary N) is 1. The van der Waals surface area contributed by atoms with Gasteiger partial charge < -0.3 is 9.72 Å². The van der Waals surface area contributed by atoms with Gasteiger partial charge in [0.2, 0.25) is 0 Å². The summed E-state index contributed by atoms with van der Waals surface area (Å²) in [5.41, 5.74) is 2.53. The first-order chi connectivity index (χ1) is 10.8. The van der Waals surface area contributed by atoms with Crippen LogP contribution in [0.5, 0.6) is 0 Å². The van der Waals surface area contributed by atoms with Crippen LogP contribution in [0.2, 0.25) is 0 Å². The molecule has 0 saturated heterocycles. The number of ether oxygens (including phenoxy) is 1. The fourth-order valence-corrected chi connectivity index (χ4v) is 3.29. The van der Waals surface area contributed by atoms with Crippen molar-refractivity contribution in [3.05, 3.63) is 65.9 Å². The molecule has 3 nitrogen and oxygen atoms in total. The van der Waals surface area contributed by atoms with Crippen LogP contribution in [0.3, 0.4) is 0 Å². The Hall–Kier alpha value is -2.20. The molecule has 112 valence electrons. The normalized spacial score (nSPS) is 10.8. The molecule has 22 heavy (non-hydrogen) atoms. The molecule has 0 aliphatic heterocycles. The van der Waals surface area contributed by atoms with Crippen molar-refractivity contribution in [2.45, 2.75) is 17.6 Å². The second-order valence-corrected chi connectivity index (χ2v) is 5.90. The van der Waals surface area contributed by atoms with E-state index in [1.54, 1.807) is 11.8 Å². The summed E-state index contributed by atoms with van der Waals surface area (Å²) in [5.74, 6) is 0.441. The molecular weight excluding hydrogens is 294 g/mol. The Labute approximate surface area is 133 Å². The standard InChI is InChI=1S/C18H17NO2S/c1-2-21-18(20)17-14-10-6-7-11-15(14)19-16(17)12-22-13-8-4-3-5-9-13/h3-11,19H,2,12H2,1H3. The fourth-order valence-electron chi connectivity index (χ4n) is 2.41. The van der Waals surface area contributed by atoms with Crippen molar-refractivity contribution in [3.8, 4) is 0 Å². The van der Waals surface area contributed by atoms with Crippen molar-refractivity contribution >= 4 is 28.6 Å². The highest BCUT2D eigenvalue weighted by molar-refractivity contribution is 7.98. The predicted octanol–water partition coefficient (Wildman–Crippen LogP) is 4.64. The maximum Gasteiger partial charge on any atom is 0.340 e. The molecule has 1 aromatic heterocycles. The molecule has 0 amide bonds. The molecular formula is C18H17NO2S. The van der Waals surface area contributed by atoms with E-state index in [-0.39, 0.29) is 5.97 Å². The summed E-state index contributed by atoms with van der Waals surface area (Å²) in [6, 6.07) is 18.0. The van der Waals surface area contributed by atoms with Gasteiger partial charge in [-0.05, 0) is 25.1 Å². The van der Waals surface area contributed by atoms with Gasteiger partial charge in [-0.15, -0.1) is 11.8 Å². The van der Waals surface area contributed by atoms with E-state index < -0.39 is 0 Å². The van der Waals surface area contributed by atoms with Gasteiger partial charge in [-0.25, -0.2) is 4.79 Å². The lowest BCUT2D eigenvalue weighted by Crippen LogP contribution is -2.06. The Morgan fingerprint density at radius 2 is 1.82 bits per heavy atom. The molecule has 0 bridgehead atoms. The smallest absolute Gasteiger partial charge is 0.340 e. The summed E-state index contributed by atoms with van der Waals surface area (Å²) in [4.78, 5) is 16.8. The van der Waals surface area contributed by atoms with Crippen LogP contribution in [0.25, 0.3) is 10.9 Å². The number of esters is 1. The minimum Gasteiger partial charge on any atom is -0.462 e. The van der Waals surface area contributed by atoms with E-state index in [0.717, 1.165) is 16.6 Å². The Balaban J connectivity index is 1.94. The van der Waals surface area contributed by atoms with Crippen LogP contribution in [0.1, 0.15) is 23.0 Å². The van der Waals surface area contributed by atoms with Gasteiger partial charge in [-0.1, -0.05) is 36.4 Å². The molecule has 3 aromatic rings. The van der Waals surface area contributed by atoms with E-state index in [4.69, 9.17) is 4.74 Å². The van der Waals surface area contributed by atoms with E-state index in [2.05, 4.69) is 17.1 Å². The SMILES string of the molecule is CCOC(=O)c1c(CSc2ccccc2)[nH]c2ccccc12. The number of aromatic amines is 1. The average molecular weight is 311 g/mol. The number of aromatic nitrogens is 1. The Morgan fingerprint density at radius 3 is 2.59 bits per heavy atom. The Bertz CT molecular complexity index is 780. The maximum absolute atomic E-state index is 12.3. The van der Waals surface area contributed by atoms with Crippen molar-refractivity contribution in [3.63, 3.8) is 0 Å². The van der Waals surface area contributed by atoms with Crippen molar-refractivity contribution in [2.24, 2.45) is 0 Å². The molecule has 0 fully saturated rings. The largest absolute Gasteiger partial charge is 0.462 e.